The van der Waals surface area contributed by atoms with Gasteiger partial charge in [-0.15, -0.1) is 0 Å². The van der Waals surface area contributed by atoms with Crippen molar-refractivity contribution in [3.63, 3.8) is 0 Å². The minimum Gasteiger partial charge on any atom is -0.487 e. The summed E-state index contributed by atoms with van der Waals surface area (Å²) in [6.07, 6.45) is 2.94. The van der Waals surface area contributed by atoms with Crippen LogP contribution in [0.3, 0.4) is 0 Å². The van der Waals surface area contributed by atoms with Gasteiger partial charge in [-0.05, 0) is 43.5 Å². The topological polar surface area (TPSA) is 26.3 Å². The van der Waals surface area contributed by atoms with Gasteiger partial charge in [-0.3, -0.25) is 4.79 Å². The number of hydrogen-bond donors (Lipinski definition) is 0. The molecule has 0 bridgehead atoms. The largest absolute Gasteiger partial charge is 0.487 e. The molecule has 1 aromatic carbocycles. The van der Waals surface area contributed by atoms with Gasteiger partial charge >= 0.3 is 0 Å². The minimum absolute atomic E-state index is 0.323. The van der Waals surface area contributed by atoms with Crippen LogP contribution in [-0.4, -0.2) is 18.6 Å². The monoisotopic (exact) mass is 222 g/mol. The van der Waals surface area contributed by atoms with Crippen molar-refractivity contribution in [3.8, 4) is 5.75 Å². The molecule has 0 aromatic heterocycles. The smallest absolute Gasteiger partial charge is 0.150 e. The maximum atomic E-state index is 13.5. The van der Waals surface area contributed by atoms with Crippen molar-refractivity contribution in [2.75, 3.05) is 0 Å². The fourth-order valence-corrected chi connectivity index (χ4v) is 1.98. The van der Waals surface area contributed by atoms with Crippen LogP contribution in [0, 0.1) is 0 Å². The Balaban J connectivity index is 1.99. The van der Waals surface area contributed by atoms with E-state index in [0.29, 0.717) is 17.7 Å². The summed E-state index contributed by atoms with van der Waals surface area (Å²) in [4.78, 5) is 10.5. The van der Waals surface area contributed by atoms with Gasteiger partial charge in [-0.2, -0.15) is 0 Å². The van der Waals surface area contributed by atoms with Gasteiger partial charge < -0.3 is 4.74 Å². The highest BCUT2D eigenvalue weighted by atomic mass is 19.1. The van der Waals surface area contributed by atoms with Gasteiger partial charge in [-0.1, -0.05) is 6.42 Å². The van der Waals surface area contributed by atoms with Crippen LogP contribution in [0.15, 0.2) is 24.3 Å². The molecule has 0 radical (unpaired) electrons. The molecular formula is C13H15FO2. The molecule has 3 heteroatoms. The van der Waals surface area contributed by atoms with Crippen molar-refractivity contribution in [2.45, 2.75) is 38.0 Å². The van der Waals surface area contributed by atoms with Crippen molar-refractivity contribution < 1.29 is 13.9 Å². The maximum Gasteiger partial charge on any atom is 0.150 e. The van der Waals surface area contributed by atoms with Crippen LogP contribution >= 0.6 is 0 Å². The molecule has 1 saturated carbocycles. The summed E-state index contributed by atoms with van der Waals surface area (Å²) in [7, 11) is 0. The molecule has 16 heavy (non-hydrogen) atoms. The van der Waals surface area contributed by atoms with E-state index in [4.69, 9.17) is 4.74 Å². The summed E-state index contributed by atoms with van der Waals surface area (Å²) >= 11 is 0. The summed E-state index contributed by atoms with van der Waals surface area (Å²) in [5.41, 5.74) is 0.604. The van der Waals surface area contributed by atoms with E-state index in [9.17, 15) is 9.18 Å². The van der Waals surface area contributed by atoms with Crippen LogP contribution in [0.4, 0.5) is 4.39 Å². The first kappa shape index (κ1) is 11.1. The predicted octanol–water partition coefficient (Wildman–Crippen LogP) is 3.16. The molecule has 0 N–H and O–H groups in total. The van der Waals surface area contributed by atoms with Gasteiger partial charge in [0.15, 0.2) is 0 Å². The predicted molar refractivity (Wildman–Crippen MR) is 59.6 cm³/mol. The third kappa shape index (κ3) is 2.60. The van der Waals surface area contributed by atoms with Gasteiger partial charge in [0, 0.05) is 5.56 Å². The Morgan fingerprint density at radius 1 is 1.19 bits per heavy atom. The molecule has 1 aliphatic carbocycles. The standard InChI is InChI=1S/C13H15FO2/c14-12-3-1-2-4-13(12)16-11-7-5-10(9-15)6-8-11/h5-9,12-13H,1-4H2. The molecule has 0 saturated heterocycles. The van der Waals surface area contributed by atoms with Crippen LogP contribution in [-0.2, 0) is 0 Å². The fraction of sp³-hybridized carbons (Fsp3) is 0.462. The number of ether oxygens (including phenoxy) is 1. The molecule has 0 aliphatic heterocycles. The zero-order valence-electron chi connectivity index (χ0n) is 9.06. The lowest BCUT2D eigenvalue weighted by molar-refractivity contribution is 0.0638. The highest BCUT2D eigenvalue weighted by Gasteiger charge is 2.26. The number of aldehydes is 1. The van der Waals surface area contributed by atoms with Gasteiger partial charge in [0.1, 0.15) is 24.3 Å². The second kappa shape index (κ2) is 5.10. The van der Waals surface area contributed by atoms with Crippen molar-refractivity contribution in [1.29, 1.82) is 0 Å². The van der Waals surface area contributed by atoms with E-state index in [0.717, 1.165) is 25.5 Å². The Labute approximate surface area is 94.4 Å². The molecule has 2 rings (SSSR count). The molecule has 1 fully saturated rings. The molecule has 86 valence electrons. The van der Waals surface area contributed by atoms with Crippen molar-refractivity contribution in [3.05, 3.63) is 29.8 Å². The number of halogens is 1. The summed E-state index contributed by atoms with van der Waals surface area (Å²) < 4.78 is 19.1. The van der Waals surface area contributed by atoms with Crippen molar-refractivity contribution in [1.82, 2.24) is 0 Å². The van der Waals surface area contributed by atoms with E-state index < -0.39 is 6.17 Å². The number of carbonyl (C=O) groups is 1. The molecule has 1 aliphatic rings. The molecule has 2 unspecified atom stereocenters. The zero-order chi connectivity index (χ0) is 11.4. The fourth-order valence-electron chi connectivity index (χ4n) is 1.98. The van der Waals surface area contributed by atoms with Gasteiger partial charge in [0.25, 0.3) is 0 Å². The van der Waals surface area contributed by atoms with E-state index in [-0.39, 0.29) is 6.10 Å². The SMILES string of the molecule is O=Cc1ccc(OC2CCCCC2F)cc1. The summed E-state index contributed by atoms with van der Waals surface area (Å²) in [5, 5.41) is 0. The van der Waals surface area contributed by atoms with E-state index in [1.165, 1.54) is 0 Å². The third-order valence-corrected chi connectivity index (χ3v) is 2.93. The van der Waals surface area contributed by atoms with Crippen LogP contribution in [0.2, 0.25) is 0 Å². The van der Waals surface area contributed by atoms with Gasteiger partial charge in [-0.25, -0.2) is 4.39 Å². The number of alkyl halides is 1. The third-order valence-electron chi connectivity index (χ3n) is 2.93. The Morgan fingerprint density at radius 3 is 2.50 bits per heavy atom. The van der Waals surface area contributed by atoms with Crippen LogP contribution in [0.5, 0.6) is 5.75 Å². The molecule has 2 atom stereocenters. The maximum absolute atomic E-state index is 13.5. The van der Waals surface area contributed by atoms with Crippen LogP contribution in [0.25, 0.3) is 0 Å². The number of rotatable bonds is 3. The Morgan fingerprint density at radius 2 is 1.88 bits per heavy atom. The molecule has 0 heterocycles. The number of carbonyl (C=O) groups excluding carboxylic acids is 1. The first-order valence-electron chi connectivity index (χ1n) is 5.65. The van der Waals surface area contributed by atoms with Crippen LogP contribution in [0.1, 0.15) is 36.0 Å². The average molecular weight is 222 g/mol. The van der Waals surface area contributed by atoms with Gasteiger partial charge in [0.2, 0.25) is 0 Å². The normalized spacial score (nSPS) is 25.1. The van der Waals surface area contributed by atoms with Crippen molar-refractivity contribution >= 4 is 6.29 Å². The minimum atomic E-state index is -0.862. The number of hydrogen-bond acceptors (Lipinski definition) is 2. The van der Waals surface area contributed by atoms with E-state index >= 15 is 0 Å². The average Bonchev–Trinajstić information content (AvgIpc) is 2.33. The second-order valence-corrected chi connectivity index (χ2v) is 4.14. The highest BCUT2D eigenvalue weighted by Crippen LogP contribution is 2.25. The summed E-state index contributed by atoms with van der Waals surface area (Å²) in [6.45, 7) is 0. The summed E-state index contributed by atoms with van der Waals surface area (Å²) in [5.74, 6) is 0.639. The van der Waals surface area contributed by atoms with E-state index in [1.807, 2.05) is 0 Å². The first-order valence-corrected chi connectivity index (χ1v) is 5.65. The second-order valence-electron chi connectivity index (χ2n) is 4.14. The molecule has 0 amide bonds. The highest BCUT2D eigenvalue weighted by molar-refractivity contribution is 5.74. The lowest BCUT2D eigenvalue weighted by Crippen LogP contribution is -2.31. The zero-order valence-corrected chi connectivity index (χ0v) is 9.06. The first-order chi connectivity index (χ1) is 7.79. The van der Waals surface area contributed by atoms with Crippen LogP contribution < -0.4 is 4.74 Å². The number of benzene rings is 1. The lowest BCUT2D eigenvalue weighted by Gasteiger charge is -2.26. The Hall–Kier alpha value is -1.38. The Bertz CT molecular complexity index is 347. The molecule has 0 spiro atoms. The van der Waals surface area contributed by atoms with E-state index in [1.54, 1.807) is 24.3 Å². The Kier molecular flexibility index (Phi) is 3.54. The molecule has 1 aromatic rings. The van der Waals surface area contributed by atoms with Crippen molar-refractivity contribution in [2.24, 2.45) is 0 Å². The molecular weight excluding hydrogens is 207 g/mol. The summed E-state index contributed by atoms with van der Waals surface area (Å²) in [6, 6.07) is 6.78. The quantitative estimate of drug-likeness (QED) is 0.734. The molecule has 2 nitrogen and oxygen atoms in total. The van der Waals surface area contributed by atoms with E-state index in [2.05, 4.69) is 0 Å². The van der Waals surface area contributed by atoms with Gasteiger partial charge in [0.05, 0.1) is 0 Å². The lowest BCUT2D eigenvalue weighted by atomic mass is 9.96.